The number of anilines is 1. The maximum absolute atomic E-state index is 11.8. The molecule has 1 fully saturated rings. The standard InChI is InChI=1S/C9H11BrN2OS/c1-12(7-3-2-6(10)14-7)8(13)9(11)4-5-9/h2-3H,4-5,11H2,1H3. The van der Waals surface area contributed by atoms with Crippen LogP contribution in [0.25, 0.3) is 0 Å². The van der Waals surface area contributed by atoms with E-state index >= 15 is 0 Å². The fraction of sp³-hybridized carbons (Fsp3) is 0.444. The van der Waals surface area contributed by atoms with Crippen LogP contribution in [0.5, 0.6) is 0 Å². The van der Waals surface area contributed by atoms with Crippen LogP contribution in [0.4, 0.5) is 5.00 Å². The predicted molar refractivity (Wildman–Crippen MR) is 61.6 cm³/mol. The lowest BCUT2D eigenvalue weighted by molar-refractivity contribution is -0.120. The third kappa shape index (κ3) is 1.71. The maximum atomic E-state index is 11.8. The Balaban J connectivity index is 2.15. The highest BCUT2D eigenvalue weighted by Crippen LogP contribution is 2.37. The van der Waals surface area contributed by atoms with E-state index in [9.17, 15) is 4.79 Å². The third-order valence-electron chi connectivity index (χ3n) is 2.41. The van der Waals surface area contributed by atoms with Crippen molar-refractivity contribution in [1.82, 2.24) is 0 Å². The van der Waals surface area contributed by atoms with Gasteiger partial charge in [-0.05, 0) is 40.9 Å². The van der Waals surface area contributed by atoms with E-state index in [-0.39, 0.29) is 5.91 Å². The van der Waals surface area contributed by atoms with Gasteiger partial charge in [0, 0.05) is 7.05 Å². The zero-order chi connectivity index (χ0) is 10.3. The monoisotopic (exact) mass is 274 g/mol. The summed E-state index contributed by atoms with van der Waals surface area (Å²) in [6.45, 7) is 0. The number of likely N-dealkylation sites (N-methyl/N-ethyl adjacent to an activating group) is 1. The van der Waals surface area contributed by atoms with Crippen molar-refractivity contribution < 1.29 is 4.79 Å². The number of carbonyl (C=O) groups is 1. The number of amides is 1. The minimum absolute atomic E-state index is 0.0202. The van der Waals surface area contributed by atoms with Crippen LogP contribution in [0.1, 0.15) is 12.8 Å². The number of halogens is 1. The molecule has 1 aromatic rings. The van der Waals surface area contributed by atoms with E-state index in [1.807, 2.05) is 12.1 Å². The van der Waals surface area contributed by atoms with E-state index in [0.717, 1.165) is 21.6 Å². The summed E-state index contributed by atoms with van der Waals surface area (Å²) in [6, 6.07) is 3.85. The van der Waals surface area contributed by atoms with Gasteiger partial charge in [0.25, 0.3) is 0 Å². The fourth-order valence-corrected chi connectivity index (χ4v) is 2.59. The molecule has 0 saturated heterocycles. The van der Waals surface area contributed by atoms with Crippen LogP contribution >= 0.6 is 27.3 Å². The molecule has 0 aromatic carbocycles. The minimum atomic E-state index is -0.578. The average Bonchev–Trinajstić information content (AvgIpc) is 2.75. The smallest absolute Gasteiger partial charge is 0.247 e. The van der Waals surface area contributed by atoms with Crippen molar-refractivity contribution in [2.75, 3.05) is 11.9 Å². The number of nitrogens with two attached hydrogens (primary N) is 1. The molecule has 1 heterocycles. The van der Waals surface area contributed by atoms with Crippen molar-refractivity contribution in [3.05, 3.63) is 15.9 Å². The Labute approximate surface area is 95.0 Å². The topological polar surface area (TPSA) is 46.3 Å². The first kappa shape index (κ1) is 10.1. The number of nitrogens with zero attached hydrogens (tertiary/aromatic N) is 1. The molecule has 0 aliphatic heterocycles. The van der Waals surface area contributed by atoms with Gasteiger partial charge in [-0.3, -0.25) is 4.79 Å². The van der Waals surface area contributed by atoms with Gasteiger partial charge in [0.1, 0.15) is 0 Å². The number of hydrogen-bond donors (Lipinski definition) is 1. The highest BCUT2D eigenvalue weighted by atomic mass is 79.9. The summed E-state index contributed by atoms with van der Waals surface area (Å²) in [6.07, 6.45) is 1.62. The van der Waals surface area contributed by atoms with Gasteiger partial charge in [-0.2, -0.15) is 0 Å². The molecule has 3 nitrogen and oxygen atoms in total. The fourth-order valence-electron chi connectivity index (χ4n) is 1.27. The van der Waals surface area contributed by atoms with Crippen molar-refractivity contribution in [3.63, 3.8) is 0 Å². The summed E-state index contributed by atoms with van der Waals surface area (Å²) in [5.41, 5.74) is 5.26. The zero-order valence-electron chi connectivity index (χ0n) is 7.79. The summed E-state index contributed by atoms with van der Waals surface area (Å²) in [5, 5.41) is 0.929. The summed E-state index contributed by atoms with van der Waals surface area (Å²) in [7, 11) is 1.77. The number of thiophene rings is 1. The molecule has 14 heavy (non-hydrogen) atoms. The molecule has 1 amide bonds. The second-order valence-electron chi connectivity index (χ2n) is 3.60. The van der Waals surface area contributed by atoms with Gasteiger partial charge in [0.15, 0.2) is 0 Å². The molecule has 0 bridgehead atoms. The van der Waals surface area contributed by atoms with Gasteiger partial charge >= 0.3 is 0 Å². The normalized spacial score (nSPS) is 17.9. The second-order valence-corrected chi connectivity index (χ2v) is 6.04. The minimum Gasteiger partial charge on any atom is -0.317 e. The van der Waals surface area contributed by atoms with Gasteiger partial charge in [-0.25, -0.2) is 0 Å². The Hall–Kier alpha value is -0.390. The van der Waals surface area contributed by atoms with Crippen LogP contribution in [0.3, 0.4) is 0 Å². The van der Waals surface area contributed by atoms with Crippen molar-refractivity contribution in [2.45, 2.75) is 18.4 Å². The summed E-state index contributed by atoms with van der Waals surface area (Å²) < 4.78 is 1.02. The van der Waals surface area contributed by atoms with Gasteiger partial charge in [0.05, 0.1) is 14.3 Å². The quantitative estimate of drug-likeness (QED) is 0.896. The Kier molecular flexibility index (Phi) is 2.41. The Morgan fingerprint density at radius 1 is 1.64 bits per heavy atom. The second kappa shape index (κ2) is 3.32. The first-order chi connectivity index (χ1) is 6.53. The van der Waals surface area contributed by atoms with Crippen molar-refractivity contribution in [2.24, 2.45) is 5.73 Å². The molecular formula is C9H11BrN2OS. The van der Waals surface area contributed by atoms with E-state index in [2.05, 4.69) is 15.9 Å². The van der Waals surface area contributed by atoms with Gasteiger partial charge < -0.3 is 10.6 Å². The lowest BCUT2D eigenvalue weighted by atomic mass is 10.2. The Morgan fingerprint density at radius 3 is 2.71 bits per heavy atom. The number of rotatable bonds is 2. The van der Waals surface area contributed by atoms with E-state index in [1.54, 1.807) is 11.9 Å². The molecule has 1 aliphatic rings. The molecule has 0 atom stereocenters. The van der Waals surface area contributed by atoms with Gasteiger partial charge in [-0.1, -0.05) is 0 Å². The first-order valence-electron chi connectivity index (χ1n) is 4.35. The SMILES string of the molecule is CN(C(=O)C1(N)CC1)c1ccc(Br)s1. The third-order valence-corrected chi connectivity index (χ3v) is 4.11. The van der Waals surface area contributed by atoms with E-state index in [0.29, 0.717) is 0 Å². The Morgan fingerprint density at radius 2 is 2.29 bits per heavy atom. The highest BCUT2D eigenvalue weighted by molar-refractivity contribution is 9.11. The molecule has 1 aliphatic carbocycles. The maximum Gasteiger partial charge on any atom is 0.247 e. The Bertz CT molecular complexity index is 373. The van der Waals surface area contributed by atoms with Crippen LogP contribution < -0.4 is 10.6 Å². The predicted octanol–water partition coefficient (Wildman–Crippen LogP) is 1.96. The van der Waals surface area contributed by atoms with E-state index in [4.69, 9.17) is 5.73 Å². The van der Waals surface area contributed by atoms with Crippen molar-refractivity contribution in [3.8, 4) is 0 Å². The number of hydrogen-bond acceptors (Lipinski definition) is 3. The summed E-state index contributed by atoms with van der Waals surface area (Å²) in [5.74, 6) is 0.0202. The van der Waals surface area contributed by atoms with Crippen LogP contribution in [0.2, 0.25) is 0 Å². The molecule has 76 valence electrons. The molecule has 5 heteroatoms. The van der Waals surface area contributed by atoms with Gasteiger partial charge in [0.2, 0.25) is 5.91 Å². The lowest BCUT2D eigenvalue weighted by Crippen LogP contribution is -2.43. The summed E-state index contributed by atoms with van der Waals surface area (Å²) >= 11 is 4.90. The van der Waals surface area contributed by atoms with Crippen LogP contribution in [0.15, 0.2) is 15.9 Å². The molecular weight excluding hydrogens is 264 g/mol. The molecule has 2 N–H and O–H groups in total. The molecule has 1 saturated carbocycles. The van der Waals surface area contributed by atoms with Crippen molar-refractivity contribution >= 4 is 38.2 Å². The highest BCUT2D eigenvalue weighted by Gasteiger charge is 2.47. The molecule has 1 aromatic heterocycles. The van der Waals surface area contributed by atoms with Crippen LogP contribution in [0, 0.1) is 0 Å². The molecule has 0 unspecified atom stereocenters. The van der Waals surface area contributed by atoms with E-state index < -0.39 is 5.54 Å². The lowest BCUT2D eigenvalue weighted by Gasteiger charge is -2.18. The summed E-state index contributed by atoms with van der Waals surface area (Å²) in [4.78, 5) is 13.5. The number of carbonyl (C=O) groups excluding carboxylic acids is 1. The van der Waals surface area contributed by atoms with Crippen molar-refractivity contribution in [1.29, 1.82) is 0 Å². The van der Waals surface area contributed by atoms with E-state index in [1.165, 1.54) is 11.3 Å². The zero-order valence-corrected chi connectivity index (χ0v) is 10.2. The molecule has 0 spiro atoms. The first-order valence-corrected chi connectivity index (χ1v) is 5.96. The average molecular weight is 275 g/mol. The molecule has 0 radical (unpaired) electrons. The van der Waals surface area contributed by atoms with Gasteiger partial charge in [-0.15, -0.1) is 11.3 Å². The van der Waals surface area contributed by atoms with Crippen LogP contribution in [-0.2, 0) is 4.79 Å². The van der Waals surface area contributed by atoms with Crippen LogP contribution in [-0.4, -0.2) is 18.5 Å². The molecule has 2 rings (SSSR count). The largest absolute Gasteiger partial charge is 0.317 e.